The van der Waals surface area contributed by atoms with Gasteiger partial charge in [-0.15, -0.1) is 0 Å². The van der Waals surface area contributed by atoms with Gasteiger partial charge in [0.25, 0.3) is 0 Å². The van der Waals surface area contributed by atoms with E-state index in [1.54, 1.807) is 0 Å². The average molecular weight is 432 g/mol. The molecule has 5 rings (SSSR count). The van der Waals surface area contributed by atoms with Crippen molar-refractivity contribution < 1.29 is 9.90 Å². The van der Waals surface area contributed by atoms with E-state index in [-0.39, 0.29) is 5.91 Å². The van der Waals surface area contributed by atoms with E-state index < -0.39 is 5.60 Å². The molecule has 3 aromatic rings. The number of hydrogen-bond donors (Lipinski definition) is 1. The van der Waals surface area contributed by atoms with Gasteiger partial charge in [0.1, 0.15) is 6.54 Å². The molecule has 0 radical (unpaired) electrons. The molecule has 1 amide bonds. The summed E-state index contributed by atoms with van der Waals surface area (Å²) in [7, 11) is 0. The summed E-state index contributed by atoms with van der Waals surface area (Å²) in [6.07, 6.45) is 5.88. The number of rotatable bonds is 5. The van der Waals surface area contributed by atoms with Crippen LogP contribution >= 0.6 is 0 Å². The SMILES string of the molecule is Cc1ccc(C2(O)CCN(Cc3cn(CC(=O)N4CCCC4)c4ccccc34)CC2)cc1. The van der Waals surface area contributed by atoms with Crippen LogP contribution in [0.5, 0.6) is 0 Å². The summed E-state index contributed by atoms with van der Waals surface area (Å²) < 4.78 is 2.12. The highest BCUT2D eigenvalue weighted by Crippen LogP contribution is 2.34. The summed E-state index contributed by atoms with van der Waals surface area (Å²) >= 11 is 0. The second-order valence-corrected chi connectivity index (χ2v) is 9.56. The number of likely N-dealkylation sites (tertiary alicyclic amines) is 2. The molecule has 168 valence electrons. The zero-order valence-corrected chi connectivity index (χ0v) is 19.0. The van der Waals surface area contributed by atoms with Crippen LogP contribution < -0.4 is 0 Å². The van der Waals surface area contributed by atoms with E-state index in [0.29, 0.717) is 6.54 Å². The van der Waals surface area contributed by atoms with Crippen LogP contribution in [-0.2, 0) is 23.5 Å². The van der Waals surface area contributed by atoms with E-state index in [1.807, 2.05) is 11.0 Å². The Morgan fingerprint density at radius 3 is 2.38 bits per heavy atom. The first-order chi connectivity index (χ1) is 15.5. The van der Waals surface area contributed by atoms with Gasteiger partial charge in [-0.1, -0.05) is 48.0 Å². The van der Waals surface area contributed by atoms with E-state index >= 15 is 0 Å². The highest BCUT2D eigenvalue weighted by molar-refractivity contribution is 5.86. The number of hydrogen-bond acceptors (Lipinski definition) is 3. The molecule has 0 atom stereocenters. The molecule has 0 spiro atoms. The third kappa shape index (κ3) is 4.19. The predicted molar refractivity (Wildman–Crippen MR) is 127 cm³/mol. The molecule has 0 aliphatic carbocycles. The van der Waals surface area contributed by atoms with Crippen molar-refractivity contribution in [3.8, 4) is 0 Å². The Bertz CT molecular complexity index is 1090. The van der Waals surface area contributed by atoms with Gasteiger partial charge in [-0.25, -0.2) is 0 Å². The zero-order chi connectivity index (χ0) is 22.1. The number of carbonyl (C=O) groups excluding carboxylic acids is 1. The second kappa shape index (κ2) is 8.72. The first kappa shape index (κ1) is 21.2. The maximum Gasteiger partial charge on any atom is 0.242 e. The third-order valence-electron chi connectivity index (χ3n) is 7.30. The fourth-order valence-electron chi connectivity index (χ4n) is 5.27. The lowest BCUT2D eigenvalue weighted by Gasteiger charge is -2.38. The maximum absolute atomic E-state index is 12.8. The number of aliphatic hydroxyl groups is 1. The molecular weight excluding hydrogens is 398 g/mol. The number of aryl methyl sites for hydroxylation is 1. The van der Waals surface area contributed by atoms with Crippen molar-refractivity contribution in [3.05, 3.63) is 71.4 Å². The molecule has 2 fully saturated rings. The molecule has 2 saturated heterocycles. The van der Waals surface area contributed by atoms with Crippen molar-refractivity contribution in [1.29, 1.82) is 0 Å². The minimum Gasteiger partial charge on any atom is -0.385 e. The molecule has 1 N–H and O–H groups in total. The number of piperidine rings is 1. The van der Waals surface area contributed by atoms with Gasteiger partial charge in [0, 0.05) is 49.8 Å². The topological polar surface area (TPSA) is 48.7 Å². The van der Waals surface area contributed by atoms with Gasteiger partial charge in [-0.05, 0) is 49.8 Å². The third-order valence-corrected chi connectivity index (χ3v) is 7.30. The van der Waals surface area contributed by atoms with Crippen LogP contribution in [-0.4, -0.2) is 51.6 Å². The molecule has 5 heteroatoms. The van der Waals surface area contributed by atoms with Crippen molar-refractivity contribution in [2.75, 3.05) is 26.2 Å². The van der Waals surface area contributed by atoms with Crippen molar-refractivity contribution in [1.82, 2.24) is 14.4 Å². The van der Waals surface area contributed by atoms with E-state index in [0.717, 1.165) is 69.5 Å². The molecule has 0 bridgehead atoms. The Morgan fingerprint density at radius 1 is 0.969 bits per heavy atom. The number of aromatic nitrogens is 1. The molecule has 2 aliphatic heterocycles. The quantitative estimate of drug-likeness (QED) is 0.663. The van der Waals surface area contributed by atoms with Gasteiger partial charge in [0.2, 0.25) is 5.91 Å². The molecule has 2 aromatic carbocycles. The molecular formula is C27H33N3O2. The fourth-order valence-corrected chi connectivity index (χ4v) is 5.27. The van der Waals surface area contributed by atoms with E-state index in [2.05, 4.69) is 65.1 Å². The summed E-state index contributed by atoms with van der Waals surface area (Å²) in [4.78, 5) is 17.2. The summed E-state index contributed by atoms with van der Waals surface area (Å²) in [6, 6.07) is 16.7. The zero-order valence-electron chi connectivity index (χ0n) is 19.0. The van der Waals surface area contributed by atoms with Gasteiger partial charge in [0.05, 0.1) is 5.60 Å². The molecule has 2 aliphatic rings. The Labute approximate surface area is 190 Å². The molecule has 32 heavy (non-hydrogen) atoms. The van der Waals surface area contributed by atoms with Crippen LogP contribution in [0.1, 0.15) is 42.4 Å². The van der Waals surface area contributed by atoms with Crippen molar-refractivity contribution >= 4 is 16.8 Å². The van der Waals surface area contributed by atoms with Crippen LogP contribution in [0.2, 0.25) is 0 Å². The van der Waals surface area contributed by atoms with Crippen molar-refractivity contribution in [3.63, 3.8) is 0 Å². The Hall–Kier alpha value is -2.63. The van der Waals surface area contributed by atoms with Crippen molar-refractivity contribution in [2.45, 2.75) is 51.3 Å². The van der Waals surface area contributed by atoms with Gasteiger partial charge in [-0.2, -0.15) is 0 Å². The summed E-state index contributed by atoms with van der Waals surface area (Å²) in [5, 5.41) is 12.4. The number of para-hydroxylation sites is 1. The standard InChI is InChI=1S/C27H33N3O2/c1-21-8-10-23(11-9-21)27(32)12-16-28(17-13-27)18-22-19-30(25-7-3-2-6-24(22)25)20-26(31)29-14-4-5-15-29/h2-3,6-11,19,32H,4-5,12-18,20H2,1H3. The Balaban J connectivity index is 1.29. The number of amides is 1. The van der Waals surface area contributed by atoms with E-state index in [1.165, 1.54) is 16.5 Å². The molecule has 3 heterocycles. The lowest BCUT2D eigenvalue weighted by atomic mass is 9.84. The highest BCUT2D eigenvalue weighted by Gasteiger charge is 2.34. The number of fused-ring (bicyclic) bond motifs is 1. The first-order valence-electron chi connectivity index (χ1n) is 11.9. The van der Waals surface area contributed by atoms with E-state index in [4.69, 9.17) is 0 Å². The molecule has 0 unspecified atom stereocenters. The lowest BCUT2D eigenvalue weighted by Crippen LogP contribution is -2.42. The summed E-state index contributed by atoms with van der Waals surface area (Å²) in [5.41, 5.74) is 3.90. The smallest absolute Gasteiger partial charge is 0.242 e. The number of nitrogens with zero attached hydrogens (tertiary/aromatic N) is 3. The number of carbonyl (C=O) groups is 1. The van der Waals surface area contributed by atoms with Gasteiger partial charge >= 0.3 is 0 Å². The summed E-state index contributed by atoms with van der Waals surface area (Å²) in [5.74, 6) is 0.218. The highest BCUT2D eigenvalue weighted by atomic mass is 16.3. The number of benzene rings is 2. The monoisotopic (exact) mass is 431 g/mol. The minimum absolute atomic E-state index is 0.218. The Kier molecular flexibility index (Phi) is 5.78. The molecule has 5 nitrogen and oxygen atoms in total. The summed E-state index contributed by atoms with van der Waals surface area (Å²) in [6.45, 7) is 6.83. The largest absolute Gasteiger partial charge is 0.385 e. The first-order valence-corrected chi connectivity index (χ1v) is 11.9. The maximum atomic E-state index is 12.8. The van der Waals surface area contributed by atoms with Gasteiger partial charge in [0.15, 0.2) is 0 Å². The fraction of sp³-hybridized carbons (Fsp3) is 0.444. The van der Waals surface area contributed by atoms with Crippen LogP contribution in [0.4, 0.5) is 0 Å². The van der Waals surface area contributed by atoms with Crippen LogP contribution in [0, 0.1) is 6.92 Å². The Morgan fingerprint density at radius 2 is 1.66 bits per heavy atom. The van der Waals surface area contributed by atoms with Gasteiger partial charge in [-0.3, -0.25) is 9.69 Å². The predicted octanol–water partition coefficient (Wildman–Crippen LogP) is 4.06. The lowest BCUT2D eigenvalue weighted by molar-refractivity contribution is -0.130. The second-order valence-electron chi connectivity index (χ2n) is 9.56. The minimum atomic E-state index is -0.736. The van der Waals surface area contributed by atoms with Crippen molar-refractivity contribution in [2.24, 2.45) is 0 Å². The normalized spacial score (nSPS) is 19.0. The molecule has 0 saturated carbocycles. The van der Waals surface area contributed by atoms with E-state index in [9.17, 15) is 9.90 Å². The van der Waals surface area contributed by atoms with Crippen LogP contribution in [0.15, 0.2) is 54.7 Å². The van der Waals surface area contributed by atoms with Gasteiger partial charge < -0.3 is 14.6 Å². The average Bonchev–Trinajstić information content (AvgIpc) is 3.45. The van der Waals surface area contributed by atoms with Crippen LogP contribution in [0.3, 0.4) is 0 Å². The van der Waals surface area contributed by atoms with Crippen LogP contribution in [0.25, 0.3) is 10.9 Å². The molecule has 1 aromatic heterocycles.